The van der Waals surface area contributed by atoms with Crippen LogP contribution in [0.4, 0.5) is 10.8 Å². The number of nitrogens with one attached hydrogen (secondary N) is 1. The van der Waals surface area contributed by atoms with Gasteiger partial charge in [0.2, 0.25) is 11.8 Å². The largest absolute Gasteiger partial charge is 0.458 e. The fourth-order valence-electron chi connectivity index (χ4n) is 3.67. The third-order valence-corrected chi connectivity index (χ3v) is 6.32. The Kier molecular flexibility index (Phi) is 8.76. The summed E-state index contributed by atoms with van der Waals surface area (Å²) in [7, 11) is 0. The molecule has 0 bridgehead atoms. The first-order valence-corrected chi connectivity index (χ1v) is 12.4. The molecule has 7 nitrogen and oxygen atoms in total. The first-order valence-electron chi connectivity index (χ1n) is 11.5. The van der Waals surface area contributed by atoms with Gasteiger partial charge in [0.1, 0.15) is 12.6 Å². The summed E-state index contributed by atoms with van der Waals surface area (Å²) in [6.07, 6.45) is 0.187. The van der Waals surface area contributed by atoms with Crippen molar-refractivity contribution in [3.05, 3.63) is 76.3 Å². The summed E-state index contributed by atoms with van der Waals surface area (Å²) in [4.78, 5) is 43.7. The average molecular weight is 494 g/mol. The van der Waals surface area contributed by atoms with E-state index < -0.39 is 12.0 Å². The van der Waals surface area contributed by atoms with Gasteiger partial charge in [-0.3, -0.25) is 14.5 Å². The molecular weight excluding hydrogens is 462 g/mol. The minimum absolute atomic E-state index is 0.0499. The number of benzene rings is 2. The standard InChI is InChI=1S/C27H31N3O4S/c1-17(2)25(29-24(32)14-21-9-7-6-8-10-21)26(33)34-15-22-16-35-27(28-22)30(20(5)31)23-12-11-18(3)13-19(23)4/h6-13,16-17,25H,14-15H2,1-5H3,(H,29,32). The van der Waals surface area contributed by atoms with E-state index >= 15 is 0 Å². The van der Waals surface area contributed by atoms with E-state index in [0.29, 0.717) is 10.8 Å². The normalized spacial score (nSPS) is 11.7. The van der Waals surface area contributed by atoms with Crippen LogP contribution in [0.25, 0.3) is 0 Å². The SMILES string of the molecule is CC(=O)N(c1nc(COC(=O)C(NC(=O)Cc2ccccc2)C(C)C)cs1)c1ccc(C)cc1C. The topological polar surface area (TPSA) is 88.6 Å². The number of rotatable bonds is 9. The van der Waals surface area contributed by atoms with Crippen molar-refractivity contribution in [2.45, 2.75) is 53.7 Å². The van der Waals surface area contributed by atoms with Crippen molar-refractivity contribution in [3.8, 4) is 0 Å². The zero-order valence-electron chi connectivity index (χ0n) is 20.7. The van der Waals surface area contributed by atoms with E-state index in [0.717, 1.165) is 22.4 Å². The lowest BCUT2D eigenvalue weighted by Gasteiger charge is -2.21. The van der Waals surface area contributed by atoms with Gasteiger partial charge in [0.15, 0.2) is 5.13 Å². The average Bonchev–Trinajstić information content (AvgIpc) is 3.26. The summed E-state index contributed by atoms with van der Waals surface area (Å²) in [5.41, 5.74) is 4.25. The smallest absolute Gasteiger partial charge is 0.329 e. The molecule has 3 rings (SSSR count). The first kappa shape index (κ1) is 26.1. The van der Waals surface area contributed by atoms with Gasteiger partial charge < -0.3 is 10.1 Å². The Hall–Kier alpha value is -3.52. The molecule has 0 fully saturated rings. The fourth-order valence-corrected chi connectivity index (χ4v) is 4.53. The van der Waals surface area contributed by atoms with Crippen molar-refractivity contribution >= 4 is 39.9 Å². The van der Waals surface area contributed by atoms with Gasteiger partial charge in [-0.15, -0.1) is 11.3 Å². The summed E-state index contributed by atoms with van der Waals surface area (Å²) in [6.45, 7) is 9.10. The second-order valence-corrected chi connectivity index (χ2v) is 9.66. The van der Waals surface area contributed by atoms with Gasteiger partial charge >= 0.3 is 5.97 Å². The minimum Gasteiger partial charge on any atom is -0.458 e. The molecule has 3 aromatic rings. The van der Waals surface area contributed by atoms with Crippen LogP contribution in [0.5, 0.6) is 0 Å². The monoisotopic (exact) mass is 493 g/mol. The lowest BCUT2D eigenvalue weighted by atomic mass is 10.0. The number of carbonyl (C=O) groups excluding carboxylic acids is 3. The number of carbonyl (C=O) groups is 3. The Morgan fingerprint density at radius 1 is 1.09 bits per heavy atom. The van der Waals surface area contributed by atoms with Gasteiger partial charge in [0.05, 0.1) is 17.8 Å². The minimum atomic E-state index is -0.770. The van der Waals surface area contributed by atoms with Crippen LogP contribution in [0.3, 0.4) is 0 Å². The number of hydrogen-bond acceptors (Lipinski definition) is 6. The highest BCUT2D eigenvalue weighted by Crippen LogP contribution is 2.32. The fraction of sp³-hybridized carbons (Fsp3) is 0.333. The van der Waals surface area contributed by atoms with Gasteiger partial charge in [0.25, 0.3) is 0 Å². The van der Waals surface area contributed by atoms with Crippen LogP contribution in [-0.2, 0) is 32.1 Å². The third-order valence-electron chi connectivity index (χ3n) is 5.45. The van der Waals surface area contributed by atoms with Gasteiger partial charge in [-0.2, -0.15) is 0 Å². The lowest BCUT2D eigenvalue weighted by molar-refractivity contribution is -0.150. The molecule has 1 aromatic heterocycles. The molecule has 0 saturated carbocycles. The number of aromatic nitrogens is 1. The molecule has 8 heteroatoms. The second kappa shape index (κ2) is 11.8. The summed E-state index contributed by atoms with van der Waals surface area (Å²) < 4.78 is 5.49. The maximum absolute atomic E-state index is 12.8. The van der Waals surface area contributed by atoms with Crippen molar-refractivity contribution < 1.29 is 19.1 Å². The van der Waals surface area contributed by atoms with E-state index in [-0.39, 0.29) is 30.8 Å². The number of amides is 2. The predicted molar refractivity (Wildman–Crippen MR) is 138 cm³/mol. The van der Waals surface area contributed by atoms with Crippen LogP contribution in [0, 0.1) is 19.8 Å². The molecule has 0 radical (unpaired) electrons. The molecule has 1 atom stereocenters. The van der Waals surface area contributed by atoms with Gasteiger partial charge in [-0.05, 0) is 37.0 Å². The van der Waals surface area contributed by atoms with E-state index in [2.05, 4.69) is 10.3 Å². The molecule has 1 N–H and O–H groups in total. The number of thiazole rings is 1. The highest BCUT2D eigenvalue weighted by molar-refractivity contribution is 7.14. The molecule has 0 saturated heterocycles. The molecule has 35 heavy (non-hydrogen) atoms. The van der Waals surface area contributed by atoms with Gasteiger partial charge in [-0.25, -0.2) is 9.78 Å². The molecule has 184 valence electrons. The maximum atomic E-state index is 12.8. The van der Waals surface area contributed by atoms with Crippen LogP contribution >= 0.6 is 11.3 Å². The van der Waals surface area contributed by atoms with E-state index in [1.807, 2.05) is 76.2 Å². The molecular formula is C27H31N3O4S. The highest BCUT2D eigenvalue weighted by Gasteiger charge is 2.26. The zero-order chi connectivity index (χ0) is 25.5. The predicted octanol–water partition coefficient (Wildman–Crippen LogP) is 4.87. The molecule has 0 aliphatic heterocycles. The molecule has 0 aliphatic carbocycles. The van der Waals surface area contributed by atoms with Crippen LogP contribution in [0.1, 0.15) is 43.2 Å². The highest BCUT2D eigenvalue weighted by atomic mass is 32.1. The number of ether oxygens (including phenoxy) is 1. The van der Waals surface area contributed by atoms with Crippen LogP contribution in [0.15, 0.2) is 53.9 Å². The van der Waals surface area contributed by atoms with Crippen molar-refractivity contribution in [2.24, 2.45) is 5.92 Å². The number of aryl methyl sites for hydroxylation is 2. The van der Waals surface area contributed by atoms with E-state index in [4.69, 9.17) is 4.74 Å². The zero-order valence-corrected chi connectivity index (χ0v) is 21.5. The Morgan fingerprint density at radius 3 is 2.43 bits per heavy atom. The summed E-state index contributed by atoms with van der Waals surface area (Å²) in [5, 5.41) is 5.06. The number of esters is 1. The maximum Gasteiger partial charge on any atom is 0.329 e. The molecule has 1 unspecified atom stereocenters. The first-order chi connectivity index (χ1) is 16.7. The summed E-state index contributed by atoms with van der Waals surface area (Å²) >= 11 is 1.30. The van der Waals surface area contributed by atoms with Crippen LogP contribution in [0.2, 0.25) is 0 Å². The summed E-state index contributed by atoms with van der Waals surface area (Å²) in [6, 6.07) is 14.4. The molecule has 0 aliphatic rings. The molecule has 0 spiro atoms. The van der Waals surface area contributed by atoms with Crippen LogP contribution in [-0.4, -0.2) is 28.8 Å². The van der Waals surface area contributed by atoms with E-state index in [1.165, 1.54) is 18.3 Å². The summed E-state index contributed by atoms with van der Waals surface area (Å²) in [5.74, 6) is -1.07. The van der Waals surface area contributed by atoms with Crippen molar-refractivity contribution in [3.63, 3.8) is 0 Å². The van der Waals surface area contributed by atoms with Crippen molar-refractivity contribution in [1.82, 2.24) is 10.3 Å². The molecule has 2 amide bonds. The van der Waals surface area contributed by atoms with Crippen molar-refractivity contribution in [1.29, 1.82) is 0 Å². The Morgan fingerprint density at radius 2 is 1.80 bits per heavy atom. The molecule has 1 heterocycles. The Balaban J connectivity index is 1.65. The lowest BCUT2D eigenvalue weighted by Crippen LogP contribution is -2.45. The molecule has 2 aromatic carbocycles. The Labute approximate surface area is 210 Å². The van der Waals surface area contributed by atoms with Crippen molar-refractivity contribution in [2.75, 3.05) is 4.90 Å². The number of hydrogen-bond donors (Lipinski definition) is 1. The number of nitrogens with zero attached hydrogens (tertiary/aromatic N) is 2. The second-order valence-electron chi connectivity index (χ2n) is 8.83. The number of anilines is 2. The Bertz CT molecular complexity index is 1190. The van der Waals surface area contributed by atoms with E-state index in [1.54, 1.807) is 10.3 Å². The van der Waals surface area contributed by atoms with Gasteiger partial charge in [0, 0.05) is 12.3 Å². The van der Waals surface area contributed by atoms with E-state index in [9.17, 15) is 14.4 Å². The quantitative estimate of drug-likeness (QED) is 0.430. The third kappa shape index (κ3) is 6.99. The van der Waals surface area contributed by atoms with Gasteiger partial charge in [-0.1, -0.05) is 61.9 Å². The van der Waals surface area contributed by atoms with Crippen LogP contribution < -0.4 is 10.2 Å².